The molecule has 1 rings (SSSR count). The predicted molar refractivity (Wildman–Crippen MR) is 117 cm³/mol. The minimum absolute atomic E-state index is 0.110. The number of amides is 3. The summed E-state index contributed by atoms with van der Waals surface area (Å²) < 4.78 is 0. The van der Waals surface area contributed by atoms with Crippen molar-refractivity contribution in [3.8, 4) is 0 Å². The number of carboxylic acids is 1. The Bertz CT molecular complexity index is 741. The number of carbonyl (C=O) groups is 4. The van der Waals surface area contributed by atoms with Gasteiger partial charge in [0.25, 0.3) is 0 Å². The van der Waals surface area contributed by atoms with Crippen molar-refractivity contribution < 1.29 is 24.3 Å². The first-order chi connectivity index (χ1) is 15.2. The molecule has 0 saturated heterocycles. The van der Waals surface area contributed by atoms with Gasteiger partial charge in [0.1, 0.15) is 12.1 Å². The summed E-state index contributed by atoms with van der Waals surface area (Å²) in [7, 11) is 0. The Labute approximate surface area is 187 Å². The molecular weight excluding hydrogens is 418 g/mol. The number of nitrogens with zero attached hydrogens (tertiary/aromatic N) is 1. The van der Waals surface area contributed by atoms with E-state index in [4.69, 9.17) is 11.5 Å². The molecule has 0 bridgehead atoms. The summed E-state index contributed by atoms with van der Waals surface area (Å²) in [5.41, 5.74) is 12.0. The molecule has 0 aliphatic heterocycles. The van der Waals surface area contributed by atoms with Gasteiger partial charge < -0.3 is 37.5 Å². The van der Waals surface area contributed by atoms with Crippen molar-refractivity contribution in [2.24, 2.45) is 17.4 Å². The first kappa shape index (κ1) is 27.0. The molecule has 0 aromatic carbocycles. The second-order valence-electron chi connectivity index (χ2n) is 7.72. The van der Waals surface area contributed by atoms with Gasteiger partial charge in [0, 0.05) is 18.3 Å². The highest BCUT2D eigenvalue weighted by Gasteiger charge is 2.27. The fraction of sp³-hybridized carbons (Fsp3) is 0.650. The molecular formula is C20H35N7O5. The Morgan fingerprint density at radius 3 is 2.47 bits per heavy atom. The monoisotopic (exact) mass is 453 g/mol. The second-order valence-corrected chi connectivity index (χ2v) is 7.72. The van der Waals surface area contributed by atoms with Crippen molar-refractivity contribution in [2.45, 2.75) is 64.1 Å². The van der Waals surface area contributed by atoms with Crippen LogP contribution in [0.1, 0.15) is 45.2 Å². The van der Waals surface area contributed by atoms with Crippen molar-refractivity contribution in [2.75, 3.05) is 13.1 Å². The van der Waals surface area contributed by atoms with E-state index in [-0.39, 0.29) is 12.3 Å². The predicted octanol–water partition coefficient (Wildman–Crippen LogP) is -1.37. The number of carboxylic acid groups (broad SMARTS) is 1. The average molecular weight is 454 g/mol. The van der Waals surface area contributed by atoms with Crippen LogP contribution in [0.25, 0.3) is 0 Å². The molecule has 12 nitrogen and oxygen atoms in total. The number of imidazole rings is 1. The third-order valence-corrected chi connectivity index (χ3v) is 5.14. The van der Waals surface area contributed by atoms with E-state index in [1.807, 2.05) is 6.92 Å². The maximum absolute atomic E-state index is 12.7. The number of unbranched alkanes of at least 4 members (excludes halogenated alkanes) is 1. The SMILES string of the molecule is CCC(C)C(NC(=O)CNC(=O)C(Cc1cnc[nH]1)NC(=O)C(N)CCCCN)C(=O)O. The molecule has 4 unspecified atom stereocenters. The zero-order valence-corrected chi connectivity index (χ0v) is 18.6. The van der Waals surface area contributed by atoms with Gasteiger partial charge in [0.15, 0.2) is 0 Å². The molecule has 0 fully saturated rings. The summed E-state index contributed by atoms with van der Waals surface area (Å²) in [5.74, 6) is -3.16. The van der Waals surface area contributed by atoms with Crippen LogP contribution in [0, 0.1) is 5.92 Å². The van der Waals surface area contributed by atoms with E-state index in [2.05, 4.69) is 25.9 Å². The van der Waals surface area contributed by atoms with Crippen molar-refractivity contribution in [1.82, 2.24) is 25.9 Å². The highest BCUT2D eigenvalue weighted by Crippen LogP contribution is 2.07. The van der Waals surface area contributed by atoms with E-state index in [1.54, 1.807) is 6.92 Å². The number of H-pyrrole nitrogens is 1. The molecule has 0 radical (unpaired) electrons. The molecule has 1 heterocycles. The summed E-state index contributed by atoms with van der Waals surface area (Å²) in [4.78, 5) is 55.4. The number of aromatic nitrogens is 2. The largest absolute Gasteiger partial charge is 0.480 e. The van der Waals surface area contributed by atoms with Crippen molar-refractivity contribution in [1.29, 1.82) is 0 Å². The summed E-state index contributed by atoms with van der Waals surface area (Å²) in [6, 6.07) is -2.86. The third-order valence-electron chi connectivity index (χ3n) is 5.14. The number of rotatable bonds is 15. The summed E-state index contributed by atoms with van der Waals surface area (Å²) >= 11 is 0. The van der Waals surface area contributed by atoms with Crippen molar-refractivity contribution in [3.63, 3.8) is 0 Å². The number of aliphatic carboxylic acids is 1. The van der Waals surface area contributed by atoms with Gasteiger partial charge in [-0.15, -0.1) is 0 Å². The fourth-order valence-electron chi connectivity index (χ4n) is 2.94. The van der Waals surface area contributed by atoms with Gasteiger partial charge in [-0.1, -0.05) is 26.7 Å². The van der Waals surface area contributed by atoms with E-state index < -0.39 is 48.4 Å². The quantitative estimate of drug-likeness (QED) is 0.157. The van der Waals surface area contributed by atoms with E-state index in [1.165, 1.54) is 12.5 Å². The fourth-order valence-corrected chi connectivity index (χ4v) is 2.94. The Balaban J connectivity index is 2.71. The summed E-state index contributed by atoms with van der Waals surface area (Å²) in [6.45, 7) is 3.60. The number of carbonyl (C=O) groups excluding carboxylic acids is 3. The first-order valence-corrected chi connectivity index (χ1v) is 10.7. The summed E-state index contributed by atoms with van der Waals surface area (Å²) in [6.07, 6.45) is 5.48. The third kappa shape index (κ3) is 9.43. The molecule has 0 saturated carbocycles. The van der Waals surface area contributed by atoms with Crippen LogP contribution in [-0.2, 0) is 25.6 Å². The highest BCUT2D eigenvalue weighted by molar-refractivity contribution is 5.92. The highest BCUT2D eigenvalue weighted by atomic mass is 16.4. The Morgan fingerprint density at radius 1 is 1.19 bits per heavy atom. The van der Waals surface area contributed by atoms with Gasteiger partial charge >= 0.3 is 5.97 Å². The van der Waals surface area contributed by atoms with Crippen LogP contribution in [0.15, 0.2) is 12.5 Å². The minimum atomic E-state index is -1.15. The first-order valence-electron chi connectivity index (χ1n) is 10.7. The lowest BCUT2D eigenvalue weighted by atomic mass is 9.99. The van der Waals surface area contributed by atoms with Crippen LogP contribution in [0.3, 0.4) is 0 Å². The zero-order valence-electron chi connectivity index (χ0n) is 18.6. The van der Waals surface area contributed by atoms with E-state index >= 15 is 0 Å². The zero-order chi connectivity index (χ0) is 24.1. The Kier molecular flexibility index (Phi) is 12.0. The molecule has 1 aromatic heterocycles. The topological polar surface area (TPSA) is 205 Å². The van der Waals surface area contributed by atoms with Crippen LogP contribution in [-0.4, -0.2) is 70.0 Å². The van der Waals surface area contributed by atoms with E-state index in [9.17, 15) is 24.3 Å². The van der Waals surface area contributed by atoms with Gasteiger partial charge in [-0.2, -0.15) is 0 Å². The van der Waals surface area contributed by atoms with E-state index in [0.29, 0.717) is 31.5 Å². The number of nitrogens with two attached hydrogens (primary N) is 2. The molecule has 9 N–H and O–H groups in total. The molecule has 0 aliphatic rings. The Morgan fingerprint density at radius 2 is 1.91 bits per heavy atom. The minimum Gasteiger partial charge on any atom is -0.480 e. The average Bonchev–Trinajstić information content (AvgIpc) is 3.27. The van der Waals surface area contributed by atoms with Gasteiger partial charge in [-0.25, -0.2) is 9.78 Å². The van der Waals surface area contributed by atoms with Gasteiger partial charge in [-0.3, -0.25) is 14.4 Å². The molecule has 4 atom stereocenters. The van der Waals surface area contributed by atoms with Crippen molar-refractivity contribution >= 4 is 23.7 Å². The maximum atomic E-state index is 12.7. The Hall–Kier alpha value is -2.99. The van der Waals surface area contributed by atoms with Crippen LogP contribution < -0.4 is 27.4 Å². The maximum Gasteiger partial charge on any atom is 0.326 e. The lowest BCUT2D eigenvalue weighted by Crippen LogP contribution is -2.54. The number of hydrogen-bond donors (Lipinski definition) is 7. The smallest absolute Gasteiger partial charge is 0.326 e. The molecule has 3 amide bonds. The van der Waals surface area contributed by atoms with Gasteiger partial charge in [0.2, 0.25) is 17.7 Å². The molecule has 12 heteroatoms. The summed E-state index contributed by atoms with van der Waals surface area (Å²) in [5, 5.41) is 16.7. The van der Waals surface area contributed by atoms with Crippen LogP contribution in [0.4, 0.5) is 0 Å². The van der Waals surface area contributed by atoms with Gasteiger partial charge in [-0.05, 0) is 25.3 Å². The number of nitrogens with one attached hydrogen (secondary N) is 4. The lowest BCUT2D eigenvalue weighted by Gasteiger charge is -2.22. The molecule has 0 aliphatic carbocycles. The second kappa shape index (κ2) is 14.1. The van der Waals surface area contributed by atoms with Crippen molar-refractivity contribution in [3.05, 3.63) is 18.2 Å². The van der Waals surface area contributed by atoms with E-state index in [0.717, 1.165) is 6.42 Å². The van der Waals surface area contributed by atoms with Crippen LogP contribution in [0.2, 0.25) is 0 Å². The molecule has 1 aromatic rings. The number of aromatic amines is 1. The molecule has 0 spiro atoms. The number of hydrogen-bond acceptors (Lipinski definition) is 7. The van der Waals surface area contributed by atoms with Crippen LogP contribution >= 0.6 is 0 Å². The lowest BCUT2D eigenvalue weighted by molar-refractivity contribution is -0.143. The van der Waals surface area contributed by atoms with Crippen LogP contribution in [0.5, 0.6) is 0 Å². The normalized spacial score (nSPS) is 14.6. The molecule has 32 heavy (non-hydrogen) atoms. The van der Waals surface area contributed by atoms with Gasteiger partial charge in [0.05, 0.1) is 18.9 Å². The standard InChI is InChI=1S/C20H35N7O5/c1-3-12(2)17(20(31)32)27-16(28)10-24-19(30)15(8-13-9-23-11-25-13)26-18(29)14(22)6-4-5-7-21/h9,11-12,14-15,17H,3-8,10,21-22H2,1-2H3,(H,23,25)(H,24,30)(H,26,29)(H,27,28)(H,31,32). The molecule has 180 valence electrons.